The van der Waals surface area contributed by atoms with Gasteiger partial charge in [0, 0.05) is 24.6 Å². The molecule has 1 aliphatic heterocycles. The summed E-state index contributed by atoms with van der Waals surface area (Å²) in [6.45, 7) is 0.900. The van der Waals surface area contributed by atoms with Crippen LogP contribution in [-0.2, 0) is 12.8 Å². The summed E-state index contributed by atoms with van der Waals surface area (Å²) in [4.78, 5) is 4.41. The molecule has 0 spiro atoms. The number of thioether (sulfide) groups is 1. The van der Waals surface area contributed by atoms with Crippen LogP contribution in [0.3, 0.4) is 0 Å². The molecular weight excluding hydrogens is 222 g/mol. The van der Waals surface area contributed by atoms with Crippen molar-refractivity contribution in [2.45, 2.75) is 37.4 Å². The minimum atomic E-state index is 0.686. The lowest BCUT2D eigenvalue weighted by molar-refractivity contribution is 0.369. The van der Waals surface area contributed by atoms with E-state index in [0.717, 1.165) is 31.1 Å². The summed E-state index contributed by atoms with van der Waals surface area (Å²) < 4.78 is 5.26. The van der Waals surface area contributed by atoms with Crippen molar-refractivity contribution in [2.75, 3.05) is 19.3 Å². The molecule has 90 valence electrons. The fourth-order valence-electron chi connectivity index (χ4n) is 1.87. The van der Waals surface area contributed by atoms with E-state index in [2.05, 4.69) is 15.5 Å². The number of hydrogen-bond acceptors (Lipinski definition) is 5. The standard InChI is InChI=1S/C11H19N3OS/c1-12-6-5-10-13-11(15-14-10)8-9-4-2-3-7-16-9/h9,12H,2-8H2,1H3. The largest absolute Gasteiger partial charge is 0.339 e. The molecule has 1 unspecified atom stereocenters. The molecule has 0 aliphatic carbocycles. The number of nitrogens with zero attached hydrogens (tertiary/aromatic N) is 2. The molecule has 0 bridgehead atoms. The Morgan fingerprint density at radius 3 is 3.19 bits per heavy atom. The number of hydrogen-bond donors (Lipinski definition) is 1. The fraction of sp³-hybridized carbons (Fsp3) is 0.818. The average Bonchev–Trinajstić information content (AvgIpc) is 2.75. The van der Waals surface area contributed by atoms with Crippen LogP contribution in [0.5, 0.6) is 0 Å². The lowest BCUT2D eigenvalue weighted by Gasteiger charge is -2.19. The number of rotatable bonds is 5. The van der Waals surface area contributed by atoms with Crippen LogP contribution in [0, 0.1) is 0 Å². The Hall–Kier alpha value is -0.550. The molecule has 1 fully saturated rings. The second-order valence-corrected chi connectivity index (χ2v) is 5.56. The third-order valence-corrected chi connectivity index (χ3v) is 4.18. The zero-order valence-electron chi connectivity index (χ0n) is 9.74. The van der Waals surface area contributed by atoms with E-state index in [1.165, 1.54) is 25.0 Å². The summed E-state index contributed by atoms with van der Waals surface area (Å²) in [5, 5.41) is 7.75. The van der Waals surface area contributed by atoms with Gasteiger partial charge in [-0.1, -0.05) is 11.6 Å². The summed E-state index contributed by atoms with van der Waals surface area (Å²) in [6, 6.07) is 0. The van der Waals surface area contributed by atoms with Gasteiger partial charge in [-0.2, -0.15) is 16.7 Å². The van der Waals surface area contributed by atoms with Crippen molar-refractivity contribution in [1.82, 2.24) is 15.5 Å². The molecule has 5 heteroatoms. The van der Waals surface area contributed by atoms with Gasteiger partial charge >= 0.3 is 0 Å². The molecule has 1 saturated heterocycles. The fourth-order valence-corrected chi connectivity index (χ4v) is 3.17. The first-order valence-corrected chi connectivity index (χ1v) is 7.01. The van der Waals surface area contributed by atoms with Gasteiger partial charge in [0.05, 0.1) is 0 Å². The van der Waals surface area contributed by atoms with Gasteiger partial charge in [0.15, 0.2) is 5.82 Å². The SMILES string of the molecule is CNCCc1noc(CC2CCCCS2)n1. The molecule has 1 atom stereocenters. The van der Waals surface area contributed by atoms with E-state index in [1.54, 1.807) is 0 Å². The first-order valence-electron chi connectivity index (χ1n) is 5.96. The minimum Gasteiger partial charge on any atom is -0.339 e. The summed E-state index contributed by atoms with van der Waals surface area (Å²) >= 11 is 2.05. The first kappa shape index (κ1) is 11.9. The van der Waals surface area contributed by atoms with E-state index in [0.29, 0.717) is 5.25 Å². The van der Waals surface area contributed by atoms with Crippen LogP contribution < -0.4 is 5.32 Å². The Morgan fingerprint density at radius 2 is 2.44 bits per heavy atom. The molecule has 1 aromatic rings. The Kier molecular flexibility index (Phi) is 4.66. The molecule has 1 N–H and O–H groups in total. The maximum Gasteiger partial charge on any atom is 0.227 e. The van der Waals surface area contributed by atoms with Crippen LogP contribution in [0.15, 0.2) is 4.52 Å². The molecule has 0 radical (unpaired) electrons. The van der Waals surface area contributed by atoms with E-state index in [9.17, 15) is 0 Å². The lowest BCUT2D eigenvalue weighted by atomic mass is 10.1. The monoisotopic (exact) mass is 241 g/mol. The highest BCUT2D eigenvalue weighted by Gasteiger charge is 2.17. The van der Waals surface area contributed by atoms with E-state index >= 15 is 0 Å². The Morgan fingerprint density at radius 1 is 1.50 bits per heavy atom. The van der Waals surface area contributed by atoms with Gasteiger partial charge in [-0.25, -0.2) is 0 Å². The van der Waals surface area contributed by atoms with Gasteiger partial charge < -0.3 is 9.84 Å². The number of aromatic nitrogens is 2. The van der Waals surface area contributed by atoms with Crippen molar-refractivity contribution >= 4 is 11.8 Å². The van der Waals surface area contributed by atoms with Crippen molar-refractivity contribution in [1.29, 1.82) is 0 Å². The summed E-state index contributed by atoms with van der Waals surface area (Å²) in [5.74, 6) is 2.92. The lowest BCUT2D eigenvalue weighted by Crippen LogP contribution is -2.13. The summed E-state index contributed by atoms with van der Waals surface area (Å²) in [6.07, 6.45) is 5.78. The highest BCUT2D eigenvalue weighted by molar-refractivity contribution is 7.99. The van der Waals surface area contributed by atoms with Gasteiger partial charge in [0.1, 0.15) is 0 Å². The Balaban J connectivity index is 1.81. The van der Waals surface area contributed by atoms with Crippen molar-refractivity contribution in [3.63, 3.8) is 0 Å². The van der Waals surface area contributed by atoms with Crippen molar-refractivity contribution in [3.8, 4) is 0 Å². The topological polar surface area (TPSA) is 51.0 Å². The van der Waals surface area contributed by atoms with Crippen LogP contribution in [0.2, 0.25) is 0 Å². The molecule has 0 amide bonds. The second-order valence-electron chi connectivity index (χ2n) is 4.15. The molecule has 16 heavy (non-hydrogen) atoms. The number of likely N-dealkylation sites (N-methyl/N-ethyl adjacent to an activating group) is 1. The van der Waals surface area contributed by atoms with E-state index in [-0.39, 0.29) is 0 Å². The normalized spacial score (nSPS) is 21.2. The first-order chi connectivity index (χ1) is 7.88. The quantitative estimate of drug-likeness (QED) is 0.849. The van der Waals surface area contributed by atoms with Crippen LogP contribution in [-0.4, -0.2) is 34.7 Å². The maximum atomic E-state index is 5.26. The zero-order chi connectivity index (χ0) is 11.2. The van der Waals surface area contributed by atoms with Crippen molar-refractivity contribution in [2.24, 2.45) is 0 Å². The van der Waals surface area contributed by atoms with Crippen LogP contribution in [0.1, 0.15) is 31.0 Å². The highest BCUT2D eigenvalue weighted by Crippen LogP contribution is 2.27. The molecule has 0 aromatic carbocycles. The predicted molar refractivity (Wildman–Crippen MR) is 65.7 cm³/mol. The summed E-state index contributed by atoms with van der Waals surface area (Å²) in [7, 11) is 1.93. The van der Waals surface area contributed by atoms with E-state index < -0.39 is 0 Å². The maximum absolute atomic E-state index is 5.26. The van der Waals surface area contributed by atoms with E-state index in [4.69, 9.17) is 4.52 Å². The van der Waals surface area contributed by atoms with E-state index in [1.807, 2.05) is 18.8 Å². The van der Waals surface area contributed by atoms with Crippen LogP contribution in [0.25, 0.3) is 0 Å². The van der Waals surface area contributed by atoms with Crippen LogP contribution >= 0.6 is 11.8 Å². The van der Waals surface area contributed by atoms with Gasteiger partial charge in [-0.3, -0.25) is 0 Å². The summed E-state index contributed by atoms with van der Waals surface area (Å²) in [5.41, 5.74) is 0. The van der Waals surface area contributed by atoms with Gasteiger partial charge in [0.25, 0.3) is 0 Å². The second kappa shape index (κ2) is 6.25. The predicted octanol–water partition coefficient (Wildman–Crippen LogP) is 1.66. The molecule has 1 aromatic heterocycles. The average molecular weight is 241 g/mol. The third kappa shape index (κ3) is 3.49. The Bertz CT molecular complexity index is 310. The molecule has 1 aliphatic rings. The molecule has 2 heterocycles. The van der Waals surface area contributed by atoms with Gasteiger partial charge in [-0.05, 0) is 25.6 Å². The molecule has 4 nitrogen and oxygen atoms in total. The molecular formula is C11H19N3OS. The van der Waals surface area contributed by atoms with Crippen LogP contribution in [0.4, 0.5) is 0 Å². The molecule has 2 rings (SSSR count). The number of nitrogens with one attached hydrogen (secondary N) is 1. The zero-order valence-corrected chi connectivity index (χ0v) is 10.6. The third-order valence-electron chi connectivity index (χ3n) is 2.79. The minimum absolute atomic E-state index is 0.686. The smallest absolute Gasteiger partial charge is 0.227 e. The highest BCUT2D eigenvalue weighted by atomic mass is 32.2. The Labute approximate surface area is 101 Å². The van der Waals surface area contributed by atoms with Crippen molar-refractivity contribution in [3.05, 3.63) is 11.7 Å². The molecule has 0 saturated carbocycles. The van der Waals surface area contributed by atoms with Gasteiger partial charge in [0.2, 0.25) is 5.89 Å². The van der Waals surface area contributed by atoms with Gasteiger partial charge in [-0.15, -0.1) is 0 Å². The van der Waals surface area contributed by atoms with Crippen molar-refractivity contribution < 1.29 is 4.52 Å².